The van der Waals surface area contributed by atoms with Gasteiger partial charge in [-0.15, -0.1) is 0 Å². The normalized spacial score (nSPS) is 16.4. The van der Waals surface area contributed by atoms with E-state index >= 15 is 0 Å². The summed E-state index contributed by atoms with van der Waals surface area (Å²) >= 11 is 0. The molecule has 1 N–H and O–H groups in total. The van der Waals surface area contributed by atoms with Crippen LogP contribution in [0.3, 0.4) is 0 Å². The highest BCUT2D eigenvalue weighted by atomic mass is 19.1. The first-order valence-corrected chi connectivity index (χ1v) is 13.2. The molecule has 0 radical (unpaired) electrons. The van der Waals surface area contributed by atoms with Gasteiger partial charge in [-0.2, -0.15) is 0 Å². The molecule has 0 unspecified atom stereocenters. The zero-order chi connectivity index (χ0) is 26.4. The molecule has 4 amide bonds. The van der Waals surface area contributed by atoms with Crippen molar-refractivity contribution < 1.29 is 23.6 Å². The molecule has 8 heteroatoms. The number of rotatable bonds is 10. The topological polar surface area (TPSA) is 86.8 Å². The second-order valence-electron chi connectivity index (χ2n) is 9.83. The summed E-state index contributed by atoms with van der Waals surface area (Å²) in [4.78, 5) is 54.7. The monoisotopic (exact) mass is 507 g/mol. The van der Waals surface area contributed by atoms with E-state index in [1.54, 1.807) is 41.3 Å². The fourth-order valence-electron chi connectivity index (χ4n) is 5.22. The largest absolute Gasteiger partial charge is 0.352 e. The number of hydrogen-bond acceptors (Lipinski definition) is 4. The predicted molar refractivity (Wildman–Crippen MR) is 137 cm³/mol. The lowest BCUT2D eigenvalue weighted by Crippen LogP contribution is -2.51. The van der Waals surface area contributed by atoms with Gasteiger partial charge >= 0.3 is 0 Å². The Morgan fingerprint density at radius 1 is 1.00 bits per heavy atom. The van der Waals surface area contributed by atoms with Gasteiger partial charge in [0.25, 0.3) is 11.8 Å². The number of amides is 4. The number of carbonyl (C=O) groups excluding carboxylic acids is 4. The molecule has 2 aromatic carbocycles. The average Bonchev–Trinajstić information content (AvgIpc) is 3.15. The zero-order valence-corrected chi connectivity index (χ0v) is 21.2. The first-order valence-electron chi connectivity index (χ1n) is 13.2. The van der Waals surface area contributed by atoms with Crippen molar-refractivity contribution in [2.24, 2.45) is 0 Å². The van der Waals surface area contributed by atoms with E-state index < -0.39 is 6.04 Å². The molecule has 2 aromatic rings. The maximum Gasteiger partial charge on any atom is 0.261 e. The van der Waals surface area contributed by atoms with Gasteiger partial charge in [-0.3, -0.25) is 24.1 Å². The molecule has 1 aliphatic carbocycles. The fraction of sp³-hybridized carbons (Fsp3) is 0.448. The lowest BCUT2D eigenvalue weighted by atomic mass is 9.95. The number of nitrogens with zero attached hydrogens (tertiary/aromatic N) is 2. The van der Waals surface area contributed by atoms with Crippen LogP contribution >= 0.6 is 0 Å². The van der Waals surface area contributed by atoms with Gasteiger partial charge < -0.3 is 10.2 Å². The minimum Gasteiger partial charge on any atom is -0.352 e. The number of fused-ring (bicyclic) bond motifs is 1. The van der Waals surface area contributed by atoms with Crippen molar-refractivity contribution in [3.8, 4) is 0 Å². The molecule has 0 spiro atoms. The van der Waals surface area contributed by atoms with Crippen LogP contribution < -0.4 is 5.32 Å². The van der Waals surface area contributed by atoms with Crippen LogP contribution in [-0.2, 0) is 16.1 Å². The van der Waals surface area contributed by atoms with E-state index in [2.05, 4.69) is 5.32 Å². The van der Waals surface area contributed by atoms with Crippen molar-refractivity contribution in [2.75, 3.05) is 6.54 Å². The molecule has 1 atom stereocenters. The van der Waals surface area contributed by atoms with Gasteiger partial charge in [0.15, 0.2) is 0 Å². The van der Waals surface area contributed by atoms with E-state index in [0.29, 0.717) is 17.5 Å². The van der Waals surface area contributed by atoms with Crippen LogP contribution in [0.4, 0.5) is 4.39 Å². The van der Waals surface area contributed by atoms with Crippen LogP contribution in [-0.4, -0.2) is 52.1 Å². The molecule has 2 aliphatic rings. The van der Waals surface area contributed by atoms with E-state index in [4.69, 9.17) is 0 Å². The van der Waals surface area contributed by atoms with Gasteiger partial charge in [0.2, 0.25) is 11.8 Å². The number of carbonyl (C=O) groups is 4. The third kappa shape index (κ3) is 6.24. The highest BCUT2D eigenvalue weighted by Crippen LogP contribution is 2.23. The smallest absolute Gasteiger partial charge is 0.261 e. The Hall–Kier alpha value is -3.55. The summed E-state index contributed by atoms with van der Waals surface area (Å²) in [5.41, 5.74) is 1.48. The van der Waals surface area contributed by atoms with Gasteiger partial charge in [0.05, 0.1) is 11.1 Å². The predicted octanol–water partition coefficient (Wildman–Crippen LogP) is 4.46. The summed E-state index contributed by atoms with van der Waals surface area (Å²) in [6.45, 7) is 2.16. The Kier molecular flexibility index (Phi) is 8.69. The minimum atomic E-state index is -0.668. The molecule has 1 heterocycles. The summed E-state index contributed by atoms with van der Waals surface area (Å²) in [7, 11) is 0. The number of hydrogen-bond donors (Lipinski definition) is 1. The number of benzene rings is 2. The van der Waals surface area contributed by atoms with Crippen molar-refractivity contribution in [1.82, 2.24) is 15.1 Å². The van der Waals surface area contributed by atoms with Crippen LogP contribution in [0.1, 0.15) is 84.6 Å². The third-order valence-corrected chi connectivity index (χ3v) is 7.25. The first kappa shape index (κ1) is 26.5. The van der Waals surface area contributed by atoms with Crippen LogP contribution in [0, 0.1) is 5.82 Å². The number of nitrogens with one attached hydrogen (secondary N) is 1. The SMILES string of the molecule is CC[C@H](C(=O)NC1CCCCC1)N(Cc1ccc(F)cc1)C(=O)CCCN1C(=O)c2ccccc2C1=O. The van der Waals surface area contributed by atoms with E-state index in [-0.39, 0.29) is 61.4 Å². The second-order valence-corrected chi connectivity index (χ2v) is 9.83. The van der Waals surface area contributed by atoms with Gasteiger partial charge in [0.1, 0.15) is 11.9 Å². The molecule has 0 aromatic heterocycles. The lowest BCUT2D eigenvalue weighted by molar-refractivity contribution is -0.142. The maximum absolute atomic E-state index is 13.5. The Morgan fingerprint density at radius 2 is 1.62 bits per heavy atom. The van der Waals surface area contributed by atoms with E-state index in [1.807, 2.05) is 6.92 Å². The molecule has 1 fully saturated rings. The number of imide groups is 1. The molecule has 0 saturated heterocycles. The summed E-state index contributed by atoms with van der Waals surface area (Å²) in [5, 5.41) is 3.13. The van der Waals surface area contributed by atoms with Crippen molar-refractivity contribution in [1.29, 1.82) is 0 Å². The molecule has 37 heavy (non-hydrogen) atoms. The Bertz CT molecular complexity index is 1110. The van der Waals surface area contributed by atoms with Crippen molar-refractivity contribution in [3.05, 3.63) is 71.0 Å². The molecule has 1 aliphatic heterocycles. The quantitative estimate of drug-likeness (QED) is 0.481. The zero-order valence-electron chi connectivity index (χ0n) is 21.2. The van der Waals surface area contributed by atoms with E-state index in [9.17, 15) is 23.6 Å². The fourth-order valence-corrected chi connectivity index (χ4v) is 5.22. The molecular weight excluding hydrogens is 473 g/mol. The maximum atomic E-state index is 13.5. The van der Waals surface area contributed by atoms with Crippen molar-refractivity contribution in [2.45, 2.75) is 76.9 Å². The molecule has 7 nitrogen and oxygen atoms in total. The standard InChI is InChI=1S/C29H34FN3O4/c1-2-25(27(35)31-22-9-4-3-5-10-22)33(19-20-14-16-21(30)17-15-20)26(34)13-8-18-32-28(36)23-11-6-7-12-24(23)29(32)37/h6-7,11-12,14-17,22,25H,2-5,8-10,13,18-19H2,1H3,(H,31,35)/t25-/m1/s1. The van der Waals surface area contributed by atoms with Crippen molar-refractivity contribution >= 4 is 23.6 Å². The van der Waals surface area contributed by atoms with Crippen molar-refractivity contribution in [3.63, 3.8) is 0 Å². The van der Waals surface area contributed by atoms with Crippen LogP contribution in [0.15, 0.2) is 48.5 Å². The number of halogens is 1. The minimum absolute atomic E-state index is 0.0712. The molecule has 4 rings (SSSR count). The van der Waals surface area contributed by atoms with Crippen LogP contribution in [0.5, 0.6) is 0 Å². The molecular formula is C29H34FN3O4. The third-order valence-electron chi connectivity index (χ3n) is 7.25. The Morgan fingerprint density at radius 3 is 2.22 bits per heavy atom. The molecule has 196 valence electrons. The highest BCUT2D eigenvalue weighted by molar-refractivity contribution is 6.21. The molecule has 1 saturated carbocycles. The lowest BCUT2D eigenvalue weighted by Gasteiger charge is -2.33. The van der Waals surface area contributed by atoms with Crippen LogP contribution in [0.2, 0.25) is 0 Å². The van der Waals surface area contributed by atoms with E-state index in [1.165, 1.54) is 23.5 Å². The molecule has 0 bridgehead atoms. The highest BCUT2D eigenvalue weighted by Gasteiger charge is 2.35. The summed E-state index contributed by atoms with van der Waals surface area (Å²) in [6, 6.07) is 12.0. The van der Waals surface area contributed by atoms with Gasteiger partial charge in [-0.25, -0.2) is 4.39 Å². The first-order chi connectivity index (χ1) is 17.9. The van der Waals surface area contributed by atoms with Gasteiger partial charge in [0, 0.05) is 25.6 Å². The van der Waals surface area contributed by atoms with Gasteiger partial charge in [-0.05, 0) is 55.5 Å². The van der Waals surface area contributed by atoms with E-state index in [0.717, 1.165) is 31.2 Å². The average molecular weight is 508 g/mol. The Balaban J connectivity index is 1.43. The summed E-state index contributed by atoms with van der Waals surface area (Å²) in [6.07, 6.45) is 6.00. The summed E-state index contributed by atoms with van der Waals surface area (Å²) in [5.74, 6) is -1.49. The second kappa shape index (κ2) is 12.1. The van der Waals surface area contributed by atoms with Crippen LogP contribution in [0.25, 0.3) is 0 Å². The Labute approximate surface area is 217 Å². The summed E-state index contributed by atoms with van der Waals surface area (Å²) < 4.78 is 13.5. The van der Waals surface area contributed by atoms with Gasteiger partial charge in [-0.1, -0.05) is 50.5 Å².